The maximum atomic E-state index is 12.7. The highest BCUT2D eigenvalue weighted by Gasteiger charge is 2.23. The van der Waals surface area contributed by atoms with Crippen LogP contribution in [-0.4, -0.2) is 26.0 Å². The summed E-state index contributed by atoms with van der Waals surface area (Å²) in [6.45, 7) is 5.03. The molecule has 0 saturated heterocycles. The first kappa shape index (κ1) is 18.4. The summed E-state index contributed by atoms with van der Waals surface area (Å²) in [7, 11) is 0. The van der Waals surface area contributed by atoms with Crippen molar-refractivity contribution in [3.05, 3.63) is 58.4 Å². The van der Waals surface area contributed by atoms with E-state index in [0.29, 0.717) is 34.2 Å². The van der Waals surface area contributed by atoms with E-state index in [4.69, 9.17) is 13.5 Å². The Bertz CT molecular complexity index is 1220. The van der Waals surface area contributed by atoms with Gasteiger partial charge in [-0.05, 0) is 32.9 Å². The zero-order valence-corrected chi connectivity index (χ0v) is 15.9. The van der Waals surface area contributed by atoms with Crippen LogP contribution in [0.1, 0.15) is 24.4 Å². The predicted molar refractivity (Wildman–Crippen MR) is 101 cm³/mol. The van der Waals surface area contributed by atoms with Crippen molar-refractivity contribution in [1.82, 2.24) is 20.1 Å². The van der Waals surface area contributed by atoms with Crippen LogP contribution < -0.4 is 10.9 Å². The van der Waals surface area contributed by atoms with Gasteiger partial charge in [0.1, 0.15) is 17.5 Å². The van der Waals surface area contributed by atoms with Gasteiger partial charge in [-0.3, -0.25) is 9.59 Å². The lowest BCUT2D eigenvalue weighted by molar-refractivity contribution is -0.119. The van der Waals surface area contributed by atoms with Crippen LogP contribution in [0.4, 0.5) is 5.82 Å². The molecule has 0 aliphatic carbocycles. The van der Waals surface area contributed by atoms with Gasteiger partial charge in [0, 0.05) is 18.2 Å². The first-order chi connectivity index (χ1) is 13.9. The van der Waals surface area contributed by atoms with E-state index in [1.807, 2.05) is 0 Å². The van der Waals surface area contributed by atoms with Gasteiger partial charge in [-0.2, -0.15) is 5.10 Å². The third kappa shape index (κ3) is 3.59. The van der Waals surface area contributed by atoms with E-state index in [1.165, 1.54) is 12.3 Å². The fraction of sp³-hybridized carbons (Fsp3) is 0.211. The van der Waals surface area contributed by atoms with Gasteiger partial charge in [0.2, 0.25) is 5.91 Å². The van der Waals surface area contributed by atoms with Gasteiger partial charge in [-0.15, -0.1) is 0 Å². The zero-order chi connectivity index (χ0) is 20.5. The molecule has 4 rings (SSSR count). The van der Waals surface area contributed by atoms with Crippen LogP contribution in [0.15, 0.2) is 54.9 Å². The number of aryl methyl sites for hydroxylation is 2. The van der Waals surface area contributed by atoms with Crippen molar-refractivity contribution in [1.29, 1.82) is 0 Å². The van der Waals surface area contributed by atoms with Crippen molar-refractivity contribution in [2.45, 2.75) is 26.8 Å². The number of hydrogen-bond acceptors (Lipinski definition) is 8. The molecule has 0 aliphatic heterocycles. The summed E-state index contributed by atoms with van der Waals surface area (Å²) in [4.78, 5) is 25.3. The fourth-order valence-corrected chi connectivity index (χ4v) is 2.79. The third-order valence-electron chi connectivity index (χ3n) is 4.23. The van der Waals surface area contributed by atoms with Crippen LogP contribution in [-0.2, 0) is 4.79 Å². The Kier molecular flexibility index (Phi) is 4.59. The van der Waals surface area contributed by atoms with E-state index in [2.05, 4.69) is 20.7 Å². The predicted octanol–water partition coefficient (Wildman–Crippen LogP) is 2.96. The Hall–Kier alpha value is -3.95. The molecule has 10 nitrogen and oxygen atoms in total. The Balaban J connectivity index is 1.75. The average Bonchev–Trinajstić information content (AvgIpc) is 3.44. The fourth-order valence-electron chi connectivity index (χ4n) is 2.79. The largest absolute Gasteiger partial charge is 0.463 e. The second kappa shape index (κ2) is 7.23. The molecular weight excluding hydrogens is 378 g/mol. The zero-order valence-electron chi connectivity index (χ0n) is 15.9. The molecule has 0 saturated carbocycles. The standard InChI is InChI=1S/C19H17N5O5/c1-10-7-15(29-22-10)13-9-17(25)24(21-18(13)14-5-4-6-27-14)12(3)19(26)20-16-8-11(2)28-23-16/h4-9,12H,1-3H3,(H,20,23,26). The summed E-state index contributed by atoms with van der Waals surface area (Å²) in [6.07, 6.45) is 1.49. The summed E-state index contributed by atoms with van der Waals surface area (Å²) < 4.78 is 16.8. The maximum Gasteiger partial charge on any atom is 0.268 e. The van der Waals surface area contributed by atoms with E-state index < -0.39 is 17.5 Å². The first-order valence-corrected chi connectivity index (χ1v) is 8.78. The van der Waals surface area contributed by atoms with Crippen molar-refractivity contribution in [2.75, 3.05) is 5.32 Å². The molecule has 0 aliphatic rings. The molecule has 29 heavy (non-hydrogen) atoms. The van der Waals surface area contributed by atoms with Crippen LogP contribution in [0.2, 0.25) is 0 Å². The number of anilines is 1. The number of hydrogen-bond donors (Lipinski definition) is 1. The quantitative estimate of drug-likeness (QED) is 0.546. The minimum atomic E-state index is -0.918. The van der Waals surface area contributed by atoms with Gasteiger partial charge >= 0.3 is 0 Å². The van der Waals surface area contributed by atoms with Crippen molar-refractivity contribution < 1.29 is 18.3 Å². The van der Waals surface area contributed by atoms with Gasteiger partial charge in [0.25, 0.3) is 5.56 Å². The molecule has 1 atom stereocenters. The molecule has 1 N–H and O–H groups in total. The highest BCUT2D eigenvalue weighted by atomic mass is 16.5. The van der Waals surface area contributed by atoms with Crippen molar-refractivity contribution >= 4 is 11.7 Å². The van der Waals surface area contributed by atoms with E-state index in [1.54, 1.807) is 45.0 Å². The third-order valence-corrected chi connectivity index (χ3v) is 4.23. The van der Waals surface area contributed by atoms with Crippen molar-refractivity contribution in [2.24, 2.45) is 0 Å². The summed E-state index contributed by atoms with van der Waals surface area (Å²) >= 11 is 0. The monoisotopic (exact) mass is 395 g/mol. The van der Waals surface area contributed by atoms with E-state index in [9.17, 15) is 9.59 Å². The molecule has 0 spiro atoms. The molecule has 4 aromatic heterocycles. The SMILES string of the molecule is Cc1cc(-c2cc(=O)n(C(C)C(=O)Nc3cc(C)on3)nc2-c2ccco2)on1. The molecule has 4 heterocycles. The lowest BCUT2D eigenvalue weighted by Gasteiger charge is -2.15. The normalized spacial score (nSPS) is 12.1. The van der Waals surface area contributed by atoms with Crippen LogP contribution in [0.3, 0.4) is 0 Å². The molecule has 1 amide bonds. The van der Waals surface area contributed by atoms with Gasteiger partial charge in [0.05, 0.1) is 17.5 Å². The smallest absolute Gasteiger partial charge is 0.268 e. The molecule has 0 fully saturated rings. The van der Waals surface area contributed by atoms with Crippen LogP contribution in [0.5, 0.6) is 0 Å². The minimum Gasteiger partial charge on any atom is -0.463 e. The maximum absolute atomic E-state index is 12.7. The molecule has 4 aromatic rings. The van der Waals surface area contributed by atoms with E-state index in [-0.39, 0.29) is 5.82 Å². The second-order valence-corrected chi connectivity index (χ2v) is 6.49. The summed E-state index contributed by atoms with van der Waals surface area (Å²) in [5.41, 5.74) is 0.942. The molecule has 0 bridgehead atoms. The topological polar surface area (TPSA) is 129 Å². The Morgan fingerprint density at radius 1 is 1.14 bits per heavy atom. The molecule has 1 unspecified atom stereocenters. The number of amides is 1. The first-order valence-electron chi connectivity index (χ1n) is 8.78. The molecule has 148 valence electrons. The van der Waals surface area contributed by atoms with Gasteiger partial charge in [0.15, 0.2) is 17.3 Å². The molecule has 0 radical (unpaired) electrons. The minimum absolute atomic E-state index is 0.257. The summed E-state index contributed by atoms with van der Waals surface area (Å²) in [5.74, 6) is 1.13. The number of nitrogens with zero attached hydrogens (tertiary/aromatic N) is 4. The number of aromatic nitrogens is 4. The molecule has 10 heteroatoms. The average molecular weight is 395 g/mol. The number of furan rings is 1. The number of carbonyl (C=O) groups is 1. The van der Waals surface area contributed by atoms with Crippen LogP contribution in [0.25, 0.3) is 22.8 Å². The highest BCUT2D eigenvalue weighted by molar-refractivity contribution is 5.92. The molecular formula is C19H17N5O5. The van der Waals surface area contributed by atoms with Gasteiger partial charge in [-0.25, -0.2) is 4.68 Å². The molecule has 0 aromatic carbocycles. The van der Waals surface area contributed by atoms with Crippen molar-refractivity contribution in [3.8, 4) is 22.8 Å². The number of carbonyl (C=O) groups excluding carboxylic acids is 1. The van der Waals surface area contributed by atoms with E-state index in [0.717, 1.165) is 4.68 Å². The highest BCUT2D eigenvalue weighted by Crippen LogP contribution is 2.30. The Morgan fingerprint density at radius 2 is 1.97 bits per heavy atom. The lowest BCUT2D eigenvalue weighted by atomic mass is 10.1. The number of nitrogens with one attached hydrogen (secondary N) is 1. The lowest BCUT2D eigenvalue weighted by Crippen LogP contribution is -2.33. The van der Waals surface area contributed by atoms with Crippen LogP contribution >= 0.6 is 0 Å². The second-order valence-electron chi connectivity index (χ2n) is 6.49. The van der Waals surface area contributed by atoms with E-state index >= 15 is 0 Å². The summed E-state index contributed by atoms with van der Waals surface area (Å²) in [5, 5.41) is 14.6. The van der Waals surface area contributed by atoms with Crippen molar-refractivity contribution in [3.63, 3.8) is 0 Å². The van der Waals surface area contributed by atoms with Gasteiger partial charge < -0.3 is 18.8 Å². The number of rotatable bonds is 5. The summed E-state index contributed by atoms with van der Waals surface area (Å²) in [6, 6.07) is 7.09. The Morgan fingerprint density at radius 3 is 2.59 bits per heavy atom. The van der Waals surface area contributed by atoms with Gasteiger partial charge in [-0.1, -0.05) is 10.3 Å². The van der Waals surface area contributed by atoms with Crippen LogP contribution in [0, 0.1) is 13.8 Å². The Labute approximate surface area is 164 Å².